The van der Waals surface area contributed by atoms with E-state index >= 15 is 0 Å². The van der Waals surface area contributed by atoms with Gasteiger partial charge in [0.05, 0.1) is 17.4 Å². The summed E-state index contributed by atoms with van der Waals surface area (Å²) in [6.07, 6.45) is 0. The standard InChI is InChI=1S/C20H18F2N4O3/c1-12(16-9-8-14(21)10-17(16)22)23-18(27)11-29-20(28)19-13(2)24-26(25-19)15-6-4-3-5-7-15/h3-10,12H,11H2,1-2H3,(H,23,27)/t12-/m0/s1. The van der Waals surface area contributed by atoms with Gasteiger partial charge in [-0.05, 0) is 32.0 Å². The summed E-state index contributed by atoms with van der Waals surface area (Å²) in [6, 6.07) is 11.3. The number of aromatic nitrogens is 3. The quantitative estimate of drug-likeness (QED) is 0.643. The maximum atomic E-state index is 13.8. The Bertz CT molecular complexity index is 1040. The maximum absolute atomic E-state index is 13.8. The number of halogens is 2. The van der Waals surface area contributed by atoms with E-state index in [1.165, 1.54) is 17.8 Å². The normalized spacial score (nSPS) is 11.7. The molecule has 1 heterocycles. The number of para-hydroxylation sites is 1. The molecule has 3 aromatic rings. The molecule has 1 N–H and O–H groups in total. The molecule has 0 aliphatic rings. The maximum Gasteiger partial charge on any atom is 0.361 e. The van der Waals surface area contributed by atoms with Gasteiger partial charge in [0, 0.05) is 11.6 Å². The van der Waals surface area contributed by atoms with Crippen LogP contribution < -0.4 is 5.32 Å². The van der Waals surface area contributed by atoms with E-state index in [0.717, 1.165) is 12.1 Å². The molecule has 0 radical (unpaired) electrons. The Kier molecular flexibility index (Phi) is 5.96. The van der Waals surface area contributed by atoms with Crippen LogP contribution in [0.5, 0.6) is 0 Å². The Morgan fingerprint density at radius 3 is 2.55 bits per heavy atom. The average Bonchev–Trinajstić information content (AvgIpc) is 3.08. The molecule has 150 valence electrons. The van der Waals surface area contributed by atoms with Crippen molar-refractivity contribution >= 4 is 11.9 Å². The first-order valence-electron chi connectivity index (χ1n) is 8.76. The molecule has 3 rings (SSSR count). The molecule has 1 aromatic heterocycles. The van der Waals surface area contributed by atoms with Crippen LogP contribution in [0.2, 0.25) is 0 Å². The number of hydrogen-bond donors (Lipinski definition) is 1. The monoisotopic (exact) mass is 400 g/mol. The lowest BCUT2D eigenvalue weighted by Gasteiger charge is -2.15. The van der Waals surface area contributed by atoms with Crippen molar-refractivity contribution in [1.82, 2.24) is 20.3 Å². The van der Waals surface area contributed by atoms with Gasteiger partial charge in [0.2, 0.25) is 0 Å². The highest BCUT2D eigenvalue weighted by atomic mass is 19.1. The Morgan fingerprint density at radius 1 is 1.14 bits per heavy atom. The van der Waals surface area contributed by atoms with Gasteiger partial charge in [-0.3, -0.25) is 4.79 Å². The minimum atomic E-state index is -0.805. The molecular weight excluding hydrogens is 382 g/mol. The van der Waals surface area contributed by atoms with Gasteiger partial charge in [-0.1, -0.05) is 24.3 Å². The molecule has 1 atom stereocenters. The SMILES string of the molecule is Cc1nn(-c2ccccc2)nc1C(=O)OCC(=O)N[C@@H](C)c1ccc(F)cc1F. The van der Waals surface area contributed by atoms with E-state index in [-0.39, 0.29) is 11.3 Å². The van der Waals surface area contributed by atoms with Gasteiger partial charge in [-0.15, -0.1) is 5.10 Å². The number of nitrogens with zero attached hydrogens (tertiary/aromatic N) is 3. The zero-order valence-corrected chi connectivity index (χ0v) is 15.7. The number of carbonyl (C=O) groups excluding carboxylic acids is 2. The predicted molar refractivity (Wildman–Crippen MR) is 99.3 cm³/mol. The second-order valence-electron chi connectivity index (χ2n) is 6.29. The van der Waals surface area contributed by atoms with Crippen molar-refractivity contribution in [1.29, 1.82) is 0 Å². The van der Waals surface area contributed by atoms with Gasteiger partial charge < -0.3 is 10.1 Å². The fraction of sp³-hybridized carbons (Fsp3) is 0.200. The summed E-state index contributed by atoms with van der Waals surface area (Å²) in [5.41, 5.74) is 1.12. The van der Waals surface area contributed by atoms with Gasteiger partial charge in [0.1, 0.15) is 11.6 Å². The molecule has 0 aliphatic heterocycles. The molecule has 0 saturated heterocycles. The molecule has 1 amide bonds. The van der Waals surface area contributed by atoms with E-state index in [9.17, 15) is 18.4 Å². The number of carbonyl (C=O) groups is 2. The molecule has 0 aliphatic carbocycles. The average molecular weight is 400 g/mol. The molecule has 0 unspecified atom stereocenters. The largest absolute Gasteiger partial charge is 0.451 e. The highest BCUT2D eigenvalue weighted by molar-refractivity contribution is 5.90. The fourth-order valence-corrected chi connectivity index (χ4v) is 2.66. The molecule has 9 heteroatoms. The summed E-state index contributed by atoms with van der Waals surface area (Å²) < 4.78 is 31.8. The minimum Gasteiger partial charge on any atom is -0.451 e. The summed E-state index contributed by atoms with van der Waals surface area (Å²) in [7, 11) is 0. The van der Waals surface area contributed by atoms with Gasteiger partial charge >= 0.3 is 5.97 Å². The molecule has 0 bridgehead atoms. The predicted octanol–water partition coefficient (Wildman–Crippen LogP) is 2.89. The first-order valence-corrected chi connectivity index (χ1v) is 8.76. The second-order valence-corrected chi connectivity index (χ2v) is 6.29. The number of hydrogen-bond acceptors (Lipinski definition) is 5. The van der Waals surface area contributed by atoms with Crippen molar-refractivity contribution < 1.29 is 23.1 Å². The van der Waals surface area contributed by atoms with Crippen LogP contribution in [0, 0.1) is 18.6 Å². The van der Waals surface area contributed by atoms with Crippen molar-refractivity contribution in [3.8, 4) is 5.69 Å². The summed E-state index contributed by atoms with van der Waals surface area (Å²) >= 11 is 0. The van der Waals surface area contributed by atoms with Gasteiger partial charge in [-0.2, -0.15) is 9.90 Å². The third-order valence-electron chi connectivity index (χ3n) is 4.10. The van der Waals surface area contributed by atoms with Crippen molar-refractivity contribution in [2.24, 2.45) is 0 Å². The lowest BCUT2D eigenvalue weighted by atomic mass is 10.1. The summed E-state index contributed by atoms with van der Waals surface area (Å²) in [6.45, 7) is 2.55. The number of nitrogens with one attached hydrogen (secondary N) is 1. The smallest absolute Gasteiger partial charge is 0.361 e. The molecule has 0 fully saturated rings. The summed E-state index contributed by atoms with van der Waals surface area (Å²) in [5, 5.41) is 10.8. The van der Waals surface area contributed by atoms with Crippen LogP contribution in [0.4, 0.5) is 8.78 Å². The molecule has 7 nitrogen and oxygen atoms in total. The van der Waals surface area contributed by atoms with Gasteiger partial charge in [0.15, 0.2) is 12.3 Å². The Morgan fingerprint density at radius 2 is 1.86 bits per heavy atom. The van der Waals surface area contributed by atoms with Crippen LogP contribution in [0.15, 0.2) is 48.5 Å². The van der Waals surface area contributed by atoms with Crippen molar-refractivity contribution in [3.63, 3.8) is 0 Å². The fourth-order valence-electron chi connectivity index (χ4n) is 2.66. The number of amides is 1. The third-order valence-corrected chi connectivity index (χ3v) is 4.10. The van der Waals surface area contributed by atoms with E-state index in [4.69, 9.17) is 4.74 Å². The number of ether oxygens (including phenoxy) is 1. The van der Waals surface area contributed by atoms with Crippen LogP contribution in [0.25, 0.3) is 5.69 Å². The molecule has 0 saturated carbocycles. The number of rotatable bonds is 6. The van der Waals surface area contributed by atoms with Crippen molar-refractivity contribution in [2.45, 2.75) is 19.9 Å². The topological polar surface area (TPSA) is 86.1 Å². The van der Waals surface area contributed by atoms with Crippen LogP contribution in [-0.4, -0.2) is 33.5 Å². The molecule has 29 heavy (non-hydrogen) atoms. The van der Waals surface area contributed by atoms with E-state index in [2.05, 4.69) is 15.5 Å². The minimum absolute atomic E-state index is 0.0146. The van der Waals surface area contributed by atoms with Gasteiger partial charge in [0.25, 0.3) is 5.91 Å². The number of esters is 1. The van der Waals surface area contributed by atoms with Crippen LogP contribution in [0.3, 0.4) is 0 Å². The molecule has 2 aromatic carbocycles. The first kappa shape index (κ1) is 20.1. The van der Waals surface area contributed by atoms with Crippen LogP contribution in [0.1, 0.15) is 34.7 Å². The summed E-state index contributed by atoms with van der Waals surface area (Å²) in [5.74, 6) is -2.93. The van der Waals surface area contributed by atoms with E-state index in [1.54, 1.807) is 19.1 Å². The number of benzene rings is 2. The second kappa shape index (κ2) is 8.59. The Balaban J connectivity index is 1.59. The van der Waals surface area contributed by atoms with Crippen LogP contribution in [-0.2, 0) is 9.53 Å². The Hall–Kier alpha value is -3.62. The first-order chi connectivity index (χ1) is 13.8. The molecular formula is C20H18F2N4O3. The van der Waals surface area contributed by atoms with E-state index in [1.807, 2.05) is 18.2 Å². The highest BCUT2D eigenvalue weighted by Gasteiger charge is 2.20. The lowest BCUT2D eigenvalue weighted by molar-refractivity contribution is -0.124. The van der Waals surface area contributed by atoms with Crippen molar-refractivity contribution in [2.75, 3.05) is 6.61 Å². The van der Waals surface area contributed by atoms with Gasteiger partial charge in [-0.25, -0.2) is 13.6 Å². The number of aryl methyl sites for hydroxylation is 1. The van der Waals surface area contributed by atoms with E-state index < -0.39 is 36.2 Å². The highest BCUT2D eigenvalue weighted by Crippen LogP contribution is 2.17. The van der Waals surface area contributed by atoms with E-state index in [0.29, 0.717) is 11.4 Å². The zero-order chi connectivity index (χ0) is 21.0. The third kappa shape index (κ3) is 4.81. The lowest BCUT2D eigenvalue weighted by Crippen LogP contribution is -2.31. The van der Waals surface area contributed by atoms with Crippen LogP contribution >= 0.6 is 0 Å². The Labute approximate surface area is 165 Å². The molecule has 0 spiro atoms. The van der Waals surface area contributed by atoms with Crippen molar-refractivity contribution in [3.05, 3.63) is 77.1 Å². The summed E-state index contributed by atoms with van der Waals surface area (Å²) in [4.78, 5) is 25.6. The zero-order valence-electron chi connectivity index (χ0n) is 15.7.